The first-order valence-electron chi connectivity index (χ1n) is 5.63. The van der Waals surface area contributed by atoms with Gasteiger partial charge in [0, 0.05) is 6.08 Å². The summed E-state index contributed by atoms with van der Waals surface area (Å²) in [5.74, 6) is 0.304. The van der Waals surface area contributed by atoms with E-state index >= 15 is 0 Å². The van der Waals surface area contributed by atoms with Gasteiger partial charge in [0.25, 0.3) is 0 Å². The molecule has 0 saturated heterocycles. The lowest BCUT2D eigenvalue weighted by atomic mass is 9.98. The number of carboxylic acid groups (broad SMARTS) is 1. The summed E-state index contributed by atoms with van der Waals surface area (Å²) in [5, 5.41) is 8.41. The summed E-state index contributed by atoms with van der Waals surface area (Å²) in [6.45, 7) is 6.62. The van der Waals surface area contributed by atoms with Crippen molar-refractivity contribution in [3.8, 4) is 5.75 Å². The summed E-state index contributed by atoms with van der Waals surface area (Å²) in [5.41, 5.74) is 2.50. The second-order valence-corrected chi connectivity index (χ2v) is 4.22. The van der Waals surface area contributed by atoms with Crippen LogP contribution in [0, 0.1) is 6.92 Å². The van der Waals surface area contributed by atoms with Crippen LogP contribution in [0.2, 0.25) is 0 Å². The maximum atomic E-state index is 10.2. The Kier molecular flexibility index (Phi) is 4.76. The largest absolute Gasteiger partial charge is 0.490 e. The fraction of sp³-hybridized carbons (Fsp3) is 0.357. The van der Waals surface area contributed by atoms with Crippen LogP contribution in [0.25, 0.3) is 0 Å². The van der Waals surface area contributed by atoms with Crippen LogP contribution >= 0.6 is 0 Å². The zero-order valence-corrected chi connectivity index (χ0v) is 10.4. The van der Waals surface area contributed by atoms with Gasteiger partial charge in [-0.15, -0.1) is 0 Å². The monoisotopic (exact) mass is 234 g/mol. The molecule has 3 heteroatoms. The molecular weight excluding hydrogens is 216 g/mol. The molecule has 1 aromatic rings. The molecule has 1 rings (SSSR count). The first kappa shape index (κ1) is 13.3. The van der Waals surface area contributed by atoms with Crippen LogP contribution in [0.1, 0.15) is 30.9 Å². The van der Waals surface area contributed by atoms with E-state index in [4.69, 9.17) is 9.84 Å². The average molecular weight is 234 g/mol. The van der Waals surface area contributed by atoms with E-state index in [1.54, 1.807) is 0 Å². The highest BCUT2D eigenvalue weighted by Gasteiger charge is 2.04. The molecular formula is C14H18O3. The fourth-order valence-electron chi connectivity index (χ4n) is 1.68. The van der Waals surface area contributed by atoms with Crippen LogP contribution < -0.4 is 4.74 Å². The maximum Gasteiger partial charge on any atom is 0.328 e. The minimum absolute atomic E-state index is 0.271. The fourth-order valence-corrected chi connectivity index (χ4v) is 1.68. The summed E-state index contributed by atoms with van der Waals surface area (Å²) in [6.07, 6.45) is 2.56. The number of benzene rings is 1. The molecule has 0 aliphatic heterocycles. The third-order valence-electron chi connectivity index (χ3n) is 2.47. The molecule has 3 nitrogen and oxygen atoms in total. The average Bonchev–Trinajstić information content (AvgIpc) is 2.23. The molecule has 0 aliphatic rings. The van der Waals surface area contributed by atoms with Crippen LogP contribution in [0.15, 0.2) is 30.4 Å². The number of hydrogen-bond donors (Lipinski definition) is 1. The molecule has 1 aromatic carbocycles. The zero-order chi connectivity index (χ0) is 12.8. The molecule has 0 aliphatic carbocycles. The summed E-state index contributed by atoms with van der Waals surface area (Å²) in [4.78, 5) is 10.2. The second kappa shape index (κ2) is 6.09. The van der Waals surface area contributed by atoms with E-state index in [9.17, 15) is 4.79 Å². The van der Waals surface area contributed by atoms with Crippen molar-refractivity contribution in [2.75, 3.05) is 6.61 Å². The van der Waals surface area contributed by atoms with Crippen molar-refractivity contribution in [3.05, 3.63) is 41.5 Å². The van der Waals surface area contributed by atoms with Crippen molar-refractivity contribution in [1.29, 1.82) is 0 Å². The molecule has 92 valence electrons. The van der Waals surface area contributed by atoms with E-state index in [0.717, 1.165) is 11.8 Å². The number of aryl methyl sites for hydroxylation is 1. The van der Waals surface area contributed by atoms with Crippen LogP contribution in [0.5, 0.6) is 5.75 Å². The number of aliphatic carboxylic acids is 1. The summed E-state index contributed by atoms with van der Waals surface area (Å²) in [6, 6.07) is 5.94. The highest BCUT2D eigenvalue weighted by atomic mass is 16.5. The van der Waals surface area contributed by atoms with Gasteiger partial charge in [-0.25, -0.2) is 4.79 Å². The van der Waals surface area contributed by atoms with Crippen molar-refractivity contribution in [2.45, 2.75) is 26.7 Å². The first-order valence-corrected chi connectivity index (χ1v) is 5.63. The Balaban J connectivity index is 2.62. The Morgan fingerprint density at radius 1 is 1.47 bits per heavy atom. The quantitative estimate of drug-likeness (QED) is 0.796. The van der Waals surface area contributed by atoms with Gasteiger partial charge >= 0.3 is 5.97 Å². The molecule has 0 spiro atoms. The van der Waals surface area contributed by atoms with Crippen LogP contribution in [-0.2, 0) is 4.79 Å². The Labute approximate surface area is 102 Å². The van der Waals surface area contributed by atoms with Gasteiger partial charge in [0.1, 0.15) is 12.4 Å². The van der Waals surface area contributed by atoms with Crippen LogP contribution in [0.3, 0.4) is 0 Å². The van der Waals surface area contributed by atoms with Crippen molar-refractivity contribution in [2.24, 2.45) is 0 Å². The van der Waals surface area contributed by atoms with E-state index in [2.05, 4.69) is 26.8 Å². The SMILES string of the molecule is Cc1cc(OCC=CC(=O)O)ccc1C(C)C. The highest BCUT2D eigenvalue weighted by Crippen LogP contribution is 2.23. The van der Waals surface area contributed by atoms with Gasteiger partial charge in [-0.05, 0) is 42.2 Å². The van der Waals surface area contributed by atoms with Gasteiger partial charge < -0.3 is 9.84 Å². The molecule has 0 unspecified atom stereocenters. The number of ether oxygens (including phenoxy) is 1. The maximum absolute atomic E-state index is 10.2. The molecule has 0 aromatic heterocycles. The predicted octanol–water partition coefficient (Wildman–Crippen LogP) is 3.14. The lowest BCUT2D eigenvalue weighted by Gasteiger charge is -2.11. The molecule has 0 bridgehead atoms. The Bertz CT molecular complexity index is 419. The van der Waals surface area contributed by atoms with Gasteiger partial charge in [-0.3, -0.25) is 0 Å². The molecule has 0 saturated carbocycles. The summed E-state index contributed by atoms with van der Waals surface area (Å²) in [7, 11) is 0. The van der Waals surface area contributed by atoms with E-state index in [1.165, 1.54) is 17.2 Å². The van der Waals surface area contributed by atoms with Crippen LogP contribution in [0.4, 0.5) is 0 Å². The van der Waals surface area contributed by atoms with E-state index in [-0.39, 0.29) is 6.61 Å². The van der Waals surface area contributed by atoms with Crippen molar-refractivity contribution in [3.63, 3.8) is 0 Å². The minimum atomic E-state index is -0.958. The standard InChI is InChI=1S/C14H18O3/c1-10(2)13-7-6-12(9-11(13)3)17-8-4-5-14(15)16/h4-7,9-10H,8H2,1-3H3,(H,15,16). The zero-order valence-electron chi connectivity index (χ0n) is 10.4. The lowest BCUT2D eigenvalue weighted by molar-refractivity contribution is -0.131. The number of carboxylic acids is 1. The lowest BCUT2D eigenvalue weighted by Crippen LogP contribution is -1.97. The predicted molar refractivity (Wildman–Crippen MR) is 67.5 cm³/mol. The molecule has 0 radical (unpaired) electrons. The molecule has 1 N–H and O–H groups in total. The summed E-state index contributed by atoms with van der Waals surface area (Å²) >= 11 is 0. The van der Waals surface area contributed by atoms with E-state index in [1.807, 2.05) is 12.1 Å². The van der Waals surface area contributed by atoms with E-state index in [0.29, 0.717) is 5.92 Å². The Morgan fingerprint density at radius 2 is 2.18 bits per heavy atom. The van der Waals surface area contributed by atoms with Gasteiger partial charge in [-0.2, -0.15) is 0 Å². The second-order valence-electron chi connectivity index (χ2n) is 4.22. The van der Waals surface area contributed by atoms with Gasteiger partial charge in [0.05, 0.1) is 0 Å². The Morgan fingerprint density at radius 3 is 2.71 bits per heavy atom. The molecule has 0 fully saturated rings. The van der Waals surface area contributed by atoms with Gasteiger partial charge in [0.2, 0.25) is 0 Å². The number of hydrogen-bond acceptors (Lipinski definition) is 2. The third kappa shape index (κ3) is 4.31. The number of carbonyl (C=O) groups is 1. The number of rotatable bonds is 5. The molecule has 17 heavy (non-hydrogen) atoms. The molecule has 0 atom stereocenters. The van der Waals surface area contributed by atoms with Crippen molar-refractivity contribution >= 4 is 5.97 Å². The Hall–Kier alpha value is -1.77. The van der Waals surface area contributed by atoms with Crippen molar-refractivity contribution < 1.29 is 14.6 Å². The summed E-state index contributed by atoms with van der Waals surface area (Å²) < 4.78 is 5.42. The normalized spacial score (nSPS) is 11.1. The smallest absolute Gasteiger partial charge is 0.328 e. The van der Waals surface area contributed by atoms with Crippen molar-refractivity contribution in [1.82, 2.24) is 0 Å². The highest BCUT2D eigenvalue weighted by molar-refractivity contribution is 5.79. The topological polar surface area (TPSA) is 46.5 Å². The molecule has 0 amide bonds. The van der Waals surface area contributed by atoms with E-state index < -0.39 is 5.97 Å². The van der Waals surface area contributed by atoms with Gasteiger partial charge in [-0.1, -0.05) is 19.9 Å². The minimum Gasteiger partial charge on any atom is -0.490 e. The molecule has 0 heterocycles. The van der Waals surface area contributed by atoms with Crippen LogP contribution in [-0.4, -0.2) is 17.7 Å². The third-order valence-corrected chi connectivity index (χ3v) is 2.47. The van der Waals surface area contributed by atoms with Gasteiger partial charge in [0.15, 0.2) is 0 Å². The first-order chi connectivity index (χ1) is 8.00.